The third-order valence-electron chi connectivity index (χ3n) is 3.69. The number of halogens is 3. The number of likely N-dealkylation sites (tertiary alicyclic amines) is 1. The lowest BCUT2D eigenvalue weighted by Crippen LogP contribution is -2.46. The number of carbonyl (C=O) groups is 2. The van der Waals surface area contributed by atoms with E-state index in [1.807, 2.05) is 0 Å². The molecule has 2 rings (SSSR count). The zero-order chi connectivity index (χ0) is 16.1. The minimum Gasteiger partial charge on any atom is -0.355 e. The Hall–Kier alpha value is -1.18. The number of piperidine rings is 1. The van der Waals surface area contributed by atoms with Crippen molar-refractivity contribution in [3.63, 3.8) is 0 Å². The molecule has 1 fully saturated rings. The maximum absolute atomic E-state index is 13.3. The highest BCUT2D eigenvalue weighted by molar-refractivity contribution is 9.10. The number of nitrogens with zero attached hydrogens (tertiary/aromatic N) is 1. The van der Waals surface area contributed by atoms with Gasteiger partial charge in [-0.2, -0.15) is 0 Å². The fourth-order valence-corrected chi connectivity index (χ4v) is 2.91. The lowest BCUT2D eigenvalue weighted by molar-refractivity contribution is -0.126. The van der Waals surface area contributed by atoms with Crippen molar-refractivity contribution in [2.75, 3.05) is 26.2 Å². The fraction of sp³-hybridized carbons (Fsp3) is 0.467. The van der Waals surface area contributed by atoms with Crippen molar-refractivity contribution >= 4 is 40.2 Å². The number of hydrogen-bond donors (Lipinski definition) is 2. The van der Waals surface area contributed by atoms with Crippen molar-refractivity contribution in [2.24, 2.45) is 11.7 Å². The van der Waals surface area contributed by atoms with Crippen LogP contribution in [-0.2, 0) is 4.79 Å². The maximum atomic E-state index is 13.3. The topological polar surface area (TPSA) is 75.4 Å². The summed E-state index contributed by atoms with van der Waals surface area (Å²) >= 11 is 3.08. The number of benzene rings is 1. The van der Waals surface area contributed by atoms with E-state index in [4.69, 9.17) is 5.73 Å². The molecule has 3 N–H and O–H groups in total. The van der Waals surface area contributed by atoms with Gasteiger partial charge in [0.25, 0.3) is 5.91 Å². The molecule has 0 radical (unpaired) electrons. The van der Waals surface area contributed by atoms with Crippen LogP contribution in [0.3, 0.4) is 0 Å². The molecule has 0 spiro atoms. The standard InChI is InChI=1S/C15H19BrFN3O2.ClH/c16-12-8-10(3-4-13(12)17)15(22)20-7-1-2-11(9-20)14(21)19-6-5-18;/h3-4,8,11H,1-2,5-7,9,18H2,(H,19,21);1H. The molecule has 1 aromatic rings. The van der Waals surface area contributed by atoms with Gasteiger partial charge in [0.05, 0.1) is 10.4 Å². The predicted octanol–water partition coefficient (Wildman–Crippen LogP) is 1.94. The third kappa shape index (κ3) is 5.16. The van der Waals surface area contributed by atoms with E-state index in [2.05, 4.69) is 21.2 Å². The van der Waals surface area contributed by atoms with E-state index in [1.54, 1.807) is 4.90 Å². The van der Waals surface area contributed by atoms with Crippen LogP contribution in [0.4, 0.5) is 4.39 Å². The van der Waals surface area contributed by atoms with E-state index in [-0.39, 0.29) is 34.6 Å². The Morgan fingerprint density at radius 1 is 1.43 bits per heavy atom. The minimum absolute atomic E-state index is 0. The molecule has 2 amide bonds. The number of nitrogens with two attached hydrogens (primary N) is 1. The molecule has 1 aromatic carbocycles. The van der Waals surface area contributed by atoms with Gasteiger partial charge in [-0.1, -0.05) is 0 Å². The SMILES string of the molecule is Cl.NCCNC(=O)C1CCCN(C(=O)c2ccc(F)c(Br)c2)C1. The van der Waals surface area contributed by atoms with Crippen LogP contribution in [0, 0.1) is 11.7 Å². The van der Waals surface area contributed by atoms with Gasteiger partial charge in [-0.25, -0.2) is 4.39 Å². The van der Waals surface area contributed by atoms with E-state index in [0.717, 1.165) is 12.8 Å². The summed E-state index contributed by atoms with van der Waals surface area (Å²) < 4.78 is 13.5. The second-order valence-corrected chi connectivity index (χ2v) is 6.15. The first-order valence-electron chi connectivity index (χ1n) is 7.25. The van der Waals surface area contributed by atoms with Gasteiger partial charge < -0.3 is 16.0 Å². The van der Waals surface area contributed by atoms with Gasteiger partial charge in [0.2, 0.25) is 5.91 Å². The zero-order valence-corrected chi connectivity index (χ0v) is 15.0. The Labute approximate surface area is 149 Å². The number of nitrogens with one attached hydrogen (secondary N) is 1. The summed E-state index contributed by atoms with van der Waals surface area (Å²) in [5, 5.41) is 2.76. The van der Waals surface area contributed by atoms with E-state index >= 15 is 0 Å². The van der Waals surface area contributed by atoms with Crippen LogP contribution < -0.4 is 11.1 Å². The lowest BCUT2D eigenvalue weighted by atomic mass is 9.96. The molecule has 1 aliphatic heterocycles. The lowest BCUT2D eigenvalue weighted by Gasteiger charge is -2.32. The number of rotatable bonds is 4. The fourth-order valence-electron chi connectivity index (χ4n) is 2.53. The highest BCUT2D eigenvalue weighted by Crippen LogP contribution is 2.21. The van der Waals surface area contributed by atoms with Crippen molar-refractivity contribution in [3.8, 4) is 0 Å². The average molecular weight is 409 g/mol. The predicted molar refractivity (Wildman–Crippen MR) is 92.0 cm³/mol. The summed E-state index contributed by atoms with van der Waals surface area (Å²) in [7, 11) is 0. The Bertz CT molecular complexity index is 574. The molecule has 23 heavy (non-hydrogen) atoms. The molecule has 0 saturated carbocycles. The van der Waals surface area contributed by atoms with Crippen molar-refractivity contribution in [1.82, 2.24) is 10.2 Å². The van der Waals surface area contributed by atoms with Crippen molar-refractivity contribution in [3.05, 3.63) is 34.1 Å². The number of hydrogen-bond acceptors (Lipinski definition) is 3. The van der Waals surface area contributed by atoms with Crippen LogP contribution in [0.15, 0.2) is 22.7 Å². The van der Waals surface area contributed by atoms with Gasteiger partial charge in [0.1, 0.15) is 5.82 Å². The quantitative estimate of drug-likeness (QED) is 0.799. The first-order valence-corrected chi connectivity index (χ1v) is 8.04. The van der Waals surface area contributed by atoms with Gasteiger partial charge in [-0.15, -0.1) is 12.4 Å². The summed E-state index contributed by atoms with van der Waals surface area (Å²) in [6.45, 7) is 1.82. The molecule has 1 atom stereocenters. The van der Waals surface area contributed by atoms with Crippen LogP contribution in [-0.4, -0.2) is 42.9 Å². The first kappa shape index (κ1) is 19.9. The average Bonchev–Trinajstić information content (AvgIpc) is 2.54. The van der Waals surface area contributed by atoms with Gasteiger partial charge in [0.15, 0.2) is 0 Å². The van der Waals surface area contributed by atoms with Gasteiger partial charge >= 0.3 is 0 Å². The monoisotopic (exact) mass is 407 g/mol. The summed E-state index contributed by atoms with van der Waals surface area (Å²) in [6.07, 6.45) is 1.53. The van der Waals surface area contributed by atoms with Crippen LogP contribution in [0.5, 0.6) is 0 Å². The molecule has 1 saturated heterocycles. The smallest absolute Gasteiger partial charge is 0.253 e. The van der Waals surface area contributed by atoms with Crippen LogP contribution in [0.2, 0.25) is 0 Å². The Morgan fingerprint density at radius 2 is 2.17 bits per heavy atom. The van der Waals surface area contributed by atoms with E-state index in [0.29, 0.717) is 31.7 Å². The second-order valence-electron chi connectivity index (χ2n) is 5.30. The Kier molecular flexibility index (Phi) is 7.94. The Balaban J connectivity index is 0.00000264. The summed E-state index contributed by atoms with van der Waals surface area (Å²) in [6, 6.07) is 4.18. The number of carbonyl (C=O) groups excluding carboxylic acids is 2. The van der Waals surface area contributed by atoms with Crippen molar-refractivity contribution in [1.29, 1.82) is 0 Å². The molecule has 5 nitrogen and oxygen atoms in total. The first-order chi connectivity index (χ1) is 10.5. The normalized spacial score (nSPS) is 17.3. The van der Waals surface area contributed by atoms with Gasteiger partial charge in [-0.05, 0) is 47.0 Å². The molecule has 1 aliphatic rings. The summed E-state index contributed by atoms with van der Waals surface area (Å²) in [4.78, 5) is 26.1. The van der Waals surface area contributed by atoms with E-state index in [9.17, 15) is 14.0 Å². The largest absolute Gasteiger partial charge is 0.355 e. The second kappa shape index (κ2) is 9.20. The van der Waals surface area contributed by atoms with Crippen molar-refractivity contribution in [2.45, 2.75) is 12.8 Å². The van der Waals surface area contributed by atoms with E-state index in [1.165, 1.54) is 18.2 Å². The Morgan fingerprint density at radius 3 is 2.83 bits per heavy atom. The van der Waals surface area contributed by atoms with E-state index < -0.39 is 5.82 Å². The molecule has 1 unspecified atom stereocenters. The molecule has 0 aromatic heterocycles. The summed E-state index contributed by atoms with van der Waals surface area (Å²) in [5.41, 5.74) is 5.78. The van der Waals surface area contributed by atoms with Crippen molar-refractivity contribution < 1.29 is 14.0 Å². The molecular weight excluding hydrogens is 389 g/mol. The van der Waals surface area contributed by atoms with Crippen LogP contribution in [0.25, 0.3) is 0 Å². The molecule has 8 heteroatoms. The maximum Gasteiger partial charge on any atom is 0.253 e. The number of amides is 2. The highest BCUT2D eigenvalue weighted by atomic mass is 79.9. The molecular formula is C15H20BrClFN3O2. The highest BCUT2D eigenvalue weighted by Gasteiger charge is 2.28. The zero-order valence-electron chi connectivity index (χ0n) is 12.6. The molecule has 128 valence electrons. The minimum atomic E-state index is -0.408. The van der Waals surface area contributed by atoms with Gasteiger partial charge in [0, 0.05) is 31.7 Å². The molecule has 0 bridgehead atoms. The van der Waals surface area contributed by atoms with Crippen LogP contribution >= 0.6 is 28.3 Å². The van der Waals surface area contributed by atoms with Crippen LogP contribution in [0.1, 0.15) is 23.2 Å². The molecule has 0 aliphatic carbocycles. The molecule has 1 heterocycles. The summed E-state index contributed by atoms with van der Waals surface area (Å²) in [5.74, 6) is -0.873. The van der Waals surface area contributed by atoms with Gasteiger partial charge in [-0.3, -0.25) is 9.59 Å². The third-order valence-corrected chi connectivity index (χ3v) is 4.30.